The summed E-state index contributed by atoms with van der Waals surface area (Å²) in [6, 6.07) is 14.1. The monoisotopic (exact) mass is 310 g/mol. The summed E-state index contributed by atoms with van der Waals surface area (Å²) in [4.78, 5) is 24.1. The Morgan fingerprint density at radius 1 is 1.17 bits per heavy atom. The molecule has 0 saturated carbocycles. The number of rotatable bonds is 4. The Bertz CT molecular complexity index is 725. The topological polar surface area (TPSA) is 67.4 Å². The largest absolute Gasteiger partial charge is 0.423 e. The van der Waals surface area contributed by atoms with Gasteiger partial charge in [0.15, 0.2) is 5.75 Å². The summed E-state index contributed by atoms with van der Waals surface area (Å²) in [5.41, 5.74) is 2.64. The lowest BCUT2D eigenvalue weighted by atomic mass is 10.1. The highest BCUT2D eigenvalue weighted by atomic mass is 16.5. The Labute approximate surface area is 134 Å². The van der Waals surface area contributed by atoms with Crippen LogP contribution in [0.15, 0.2) is 48.5 Å². The van der Waals surface area contributed by atoms with Gasteiger partial charge in [0.05, 0.1) is 12.1 Å². The van der Waals surface area contributed by atoms with Crippen LogP contribution in [0.1, 0.15) is 18.9 Å². The summed E-state index contributed by atoms with van der Waals surface area (Å²) >= 11 is 0. The second-order valence-corrected chi connectivity index (χ2v) is 5.42. The van der Waals surface area contributed by atoms with Crippen molar-refractivity contribution in [1.82, 2.24) is 0 Å². The number of amides is 1. The SMILES string of the molecule is CCc1ccc(NC(=O)C[C@@H]2Nc3ccccc3OC2=O)cc1. The van der Waals surface area contributed by atoms with Gasteiger partial charge in [-0.3, -0.25) is 4.79 Å². The third-order valence-corrected chi connectivity index (χ3v) is 3.75. The highest BCUT2D eigenvalue weighted by Crippen LogP contribution is 2.29. The fourth-order valence-electron chi connectivity index (χ4n) is 2.46. The number of hydrogen-bond acceptors (Lipinski definition) is 4. The molecule has 2 N–H and O–H groups in total. The highest BCUT2D eigenvalue weighted by molar-refractivity contribution is 5.97. The minimum atomic E-state index is -0.681. The van der Waals surface area contributed by atoms with E-state index in [0.29, 0.717) is 5.75 Å². The predicted molar refractivity (Wildman–Crippen MR) is 88.6 cm³/mol. The summed E-state index contributed by atoms with van der Waals surface area (Å²) in [6.45, 7) is 2.08. The zero-order valence-electron chi connectivity index (χ0n) is 12.8. The Morgan fingerprint density at radius 3 is 2.65 bits per heavy atom. The van der Waals surface area contributed by atoms with Gasteiger partial charge in [-0.25, -0.2) is 4.79 Å². The number of nitrogens with one attached hydrogen (secondary N) is 2. The average Bonchev–Trinajstić information content (AvgIpc) is 2.56. The summed E-state index contributed by atoms with van der Waals surface area (Å²) < 4.78 is 5.24. The van der Waals surface area contributed by atoms with Gasteiger partial charge in [-0.2, -0.15) is 0 Å². The normalized spacial score (nSPS) is 16.0. The summed E-state index contributed by atoms with van der Waals surface area (Å²) in [5.74, 6) is -0.187. The molecule has 0 spiro atoms. The molecule has 0 fully saturated rings. The molecule has 5 heteroatoms. The van der Waals surface area contributed by atoms with Gasteiger partial charge in [0.2, 0.25) is 5.91 Å². The molecule has 5 nitrogen and oxygen atoms in total. The van der Waals surface area contributed by atoms with Crippen LogP contribution in [0.5, 0.6) is 5.75 Å². The number of aryl methyl sites for hydroxylation is 1. The third kappa shape index (κ3) is 3.51. The van der Waals surface area contributed by atoms with Crippen LogP contribution in [-0.4, -0.2) is 17.9 Å². The zero-order valence-corrected chi connectivity index (χ0v) is 12.8. The van der Waals surface area contributed by atoms with Gasteiger partial charge in [0.1, 0.15) is 6.04 Å². The number of hydrogen-bond donors (Lipinski definition) is 2. The van der Waals surface area contributed by atoms with Crippen LogP contribution in [0, 0.1) is 0 Å². The lowest BCUT2D eigenvalue weighted by molar-refractivity contribution is -0.137. The second-order valence-electron chi connectivity index (χ2n) is 5.42. The first-order valence-corrected chi connectivity index (χ1v) is 7.62. The fraction of sp³-hybridized carbons (Fsp3) is 0.222. The third-order valence-electron chi connectivity index (χ3n) is 3.75. The molecular weight excluding hydrogens is 292 g/mol. The van der Waals surface area contributed by atoms with Crippen molar-refractivity contribution < 1.29 is 14.3 Å². The average molecular weight is 310 g/mol. The quantitative estimate of drug-likeness (QED) is 0.673. The molecule has 0 saturated heterocycles. The van der Waals surface area contributed by atoms with E-state index in [0.717, 1.165) is 17.8 Å². The number of anilines is 2. The molecule has 0 radical (unpaired) electrons. The number of para-hydroxylation sites is 2. The first kappa shape index (κ1) is 15.1. The predicted octanol–water partition coefficient (Wildman–Crippen LogP) is 2.98. The van der Waals surface area contributed by atoms with Crippen molar-refractivity contribution >= 4 is 23.3 Å². The molecular formula is C18H18N2O3. The molecule has 2 aromatic carbocycles. The van der Waals surface area contributed by atoms with E-state index in [1.165, 1.54) is 5.56 Å². The molecule has 23 heavy (non-hydrogen) atoms. The molecule has 0 aromatic heterocycles. The van der Waals surface area contributed by atoms with Crippen molar-refractivity contribution in [3.8, 4) is 5.75 Å². The van der Waals surface area contributed by atoms with Crippen molar-refractivity contribution in [3.63, 3.8) is 0 Å². The number of ether oxygens (including phenoxy) is 1. The molecule has 1 amide bonds. The second kappa shape index (κ2) is 6.52. The van der Waals surface area contributed by atoms with Crippen molar-refractivity contribution in [3.05, 3.63) is 54.1 Å². The van der Waals surface area contributed by atoms with E-state index in [-0.39, 0.29) is 12.3 Å². The Kier molecular flexibility index (Phi) is 4.28. The van der Waals surface area contributed by atoms with Crippen LogP contribution in [0.4, 0.5) is 11.4 Å². The van der Waals surface area contributed by atoms with E-state index < -0.39 is 12.0 Å². The van der Waals surface area contributed by atoms with Crippen LogP contribution in [0.25, 0.3) is 0 Å². The Morgan fingerprint density at radius 2 is 1.91 bits per heavy atom. The summed E-state index contributed by atoms with van der Waals surface area (Å²) in [5, 5.41) is 5.84. The highest BCUT2D eigenvalue weighted by Gasteiger charge is 2.29. The van der Waals surface area contributed by atoms with Crippen LogP contribution in [0.2, 0.25) is 0 Å². The number of fused-ring (bicyclic) bond motifs is 1. The van der Waals surface area contributed by atoms with Crippen LogP contribution in [-0.2, 0) is 16.0 Å². The molecule has 1 heterocycles. The number of esters is 1. The standard InChI is InChI=1S/C18H18N2O3/c1-2-12-7-9-13(10-8-12)19-17(21)11-15-18(22)23-16-6-4-3-5-14(16)20-15/h3-10,15,20H,2,11H2,1H3,(H,19,21)/t15-/m0/s1. The van der Waals surface area contributed by atoms with Crippen molar-refractivity contribution in [1.29, 1.82) is 0 Å². The van der Waals surface area contributed by atoms with Gasteiger partial charge < -0.3 is 15.4 Å². The zero-order chi connectivity index (χ0) is 16.2. The van der Waals surface area contributed by atoms with E-state index in [1.54, 1.807) is 12.1 Å². The maximum Gasteiger partial charge on any atom is 0.334 e. The molecule has 1 aliphatic rings. The van der Waals surface area contributed by atoms with Crippen LogP contribution in [0.3, 0.4) is 0 Å². The fourth-order valence-corrected chi connectivity index (χ4v) is 2.46. The first-order chi connectivity index (χ1) is 11.2. The molecule has 0 aliphatic carbocycles. The van der Waals surface area contributed by atoms with Gasteiger partial charge in [0.25, 0.3) is 0 Å². The van der Waals surface area contributed by atoms with Gasteiger partial charge >= 0.3 is 5.97 Å². The van der Waals surface area contributed by atoms with Gasteiger partial charge in [0, 0.05) is 5.69 Å². The molecule has 2 aromatic rings. The van der Waals surface area contributed by atoms with E-state index in [1.807, 2.05) is 36.4 Å². The number of benzene rings is 2. The minimum absolute atomic E-state index is 0.0166. The lowest BCUT2D eigenvalue weighted by Crippen LogP contribution is -2.39. The maximum atomic E-state index is 12.1. The molecule has 0 unspecified atom stereocenters. The molecule has 3 rings (SSSR count). The molecule has 118 valence electrons. The van der Waals surface area contributed by atoms with Crippen LogP contribution < -0.4 is 15.4 Å². The number of carbonyl (C=O) groups is 2. The summed E-state index contributed by atoms with van der Waals surface area (Å²) in [6.07, 6.45) is 0.966. The number of carbonyl (C=O) groups excluding carboxylic acids is 2. The summed E-state index contributed by atoms with van der Waals surface area (Å²) in [7, 11) is 0. The maximum absolute atomic E-state index is 12.1. The molecule has 0 bridgehead atoms. The van der Waals surface area contributed by atoms with Crippen molar-refractivity contribution in [2.75, 3.05) is 10.6 Å². The van der Waals surface area contributed by atoms with Crippen molar-refractivity contribution in [2.24, 2.45) is 0 Å². The van der Waals surface area contributed by atoms with E-state index in [9.17, 15) is 9.59 Å². The van der Waals surface area contributed by atoms with E-state index in [2.05, 4.69) is 17.6 Å². The molecule has 1 aliphatic heterocycles. The van der Waals surface area contributed by atoms with Crippen molar-refractivity contribution in [2.45, 2.75) is 25.8 Å². The smallest absolute Gasteiger partial charge is 0.334 e. The van der Waals surface area contributed by atoms with E-state index >= 15 is 0 Å². The minimum Gasteiger partial charge on any atom is -0.423 e. The Balaban J connectivity index is 1.62. The van der Waals surface area contributed by atoms with Gasteiger partial charge in [-0.15, -0.1) is 0 Å². The lowest BCUT2D eigenvalue weighted by Gasteiger charge is -2.25. The van der Waals surface area contributed by atoms with Crippen LogP contribution >= 0.6 is 0 Å². The van der Waals surface area contributed by atoms with Gasteiger partial charge in [-0.1, -0.05) is 31.2 Å². The first-order valence-electron chi connectivity index (χ1n) is 7.62. The molecule has 1 atom stereocenters. The Hall–Kier alpha value is -2.82. The van der Waals surface area contributed by atoms with Gasteiger partial charge in [-0.05, 0) is 36.2 Å². The van der Waals surface area contributed by atoms with E-state index in [4.69, 9.17) is 4.74 Å².